The van der Waals surface area contributed by atoms with Gasteiger partial charge >= 0.3 is 0 Å². The fourth-order valence-electron chi connectivity index (χ4n) is 4.03. The smallest absolute Gasteiger partial charge is 0.255 e. The molecule has 5 rings (SSSR count). The second kappa shape index (κ2) is 9.03. The molecule has 0 spiro atoms. The van der Waals surface area contributed by atoms with Crippen molar-refractivity contribution in [3.63, 3.8) is 0 Å². The van der Waals surface area contributed by atoms with E-state index in [1.807, 2.05) is 24.3 Å². The third-order valence-electron chi connectivity index (χ3n) is 6.00. The van der Waals surface area contributed by atoms with E-state index in [1.165, 1.54) is 5.69 Å². The third-order valence-corrected chi connectivity index (χ3v) is 6.00. The molecule has 0 fully saturated rings. The number of aromatic nitrogens is 7. The minimum atomic E-state index is -0.878. The summed E-state index contributed by atoms with van der Waals surface area (Å²) in [4.78, 5) is 16.2. The fraction of sp³-hybridized carbons (Fsp3) is 0.240. The van der Waals surface area contributed by atoms with E-state index in [0.29, 0.717) is 24.1 Å². The highest BCUT2D eigenvalue weighted by Crippen LogP contribution is 2.32. The van der Waals surface area contributed by atoms with Crippen LogP contribution in [0.1, 0.15) is 31.7 Å². The average molecular weight is 454 g/mol. The van der Waals surface area contributed by atoms with E-state index < -0.39 is 5.54 Å². The Bertz CT molecular complexity index is 1250. The Balaban J connectivity index is 1.45. The van der Waals surface area contributed by atoms with Crippen LogP contribution in [-0.2, 0) is 5.54 Å². The molecule has 1 aromatic carbocycles. The predicted molar refractivity (Wildman–Crippen MR) is 132 cm³/mol. The largest absolute Gasteiger partial charge is 0.372 e. The van der Waals surface area contributed by atoms with Crippen molar-refractivity contribution in [2.45, 2.75) is 25.8 Å². The molecule has 1 atom stereocenters. The molecule has 2 N–H and O–H groups in total. The molecule has 4 aromatic rings. The van der Waals surface area contributed by atoms with Crippen molar-refractivity contribution in [1.29, 1.82) is 0 Å². The summed E-state index contributed by atoms with van der Waals surface area (Å²) in [5, 5.41) is 8.52. The first-order valence-corrected chi connectivity index (χ1v) is 11.4. The van der Waals surface area contributed by atoms with Gasteiger partial charge in [0, 0.05) is 43.6 Å². The summed E-state index contributed by atoms with van der Waals surface area (Å²) in [7, 11) is 0. The number of anilines is 1. The van der Waals surface area contributed by atoms with Gasteiger partial charge < -0.3 is 10.6 Å². The summed E-state index contributed by atoms with van der Waals surface area (Å²) in [6.07, 6.45) is 13.6. The highest BCUT2D eigenvalue weighted by Gasteiger charge is 2.31. The van der Waals surface area contributed by atoms with E-state index in [2.05, 4.69) is 74.2 Å². The van der Waals surface area contributed by atoms with Gasteiger partial charge in [-0.1, -0.05) is 30.4 Å². The molecule has 172 valence electrons. The predicted octanol–water partition coefficient (Wildman–Crippen LogP) is 3.29. The van der Waals surface area contributed by atoms with E-state index in [9.17, 15) is 0 Å². The molecule has 0 bridgehead atoms. The van der Waals surface area contributed by atoms with Crippen LogP contribution in [0.3, 0.4) is 0 Å². The van der Waals surface area contributed by atoms with Gasteiger partial charge in [0.1, 0.15) is 0 Å². The zero-order valence-electron chi connectivity index (χ0n) is 19.3. The van der Waals surface area contributed by atoms with Crippen molar-refractivity contribution in [2.75, 3.05) is 18.0 Å². The maximum Gasteiger partial charge on any atom is 0.255 e. The van der Waals surface area contributed by atoms with Gasteiger partial charge in [-0.2, -0.15) is 25.1 Å². The molecule has 0 radical (unpaired) electrons. The first kappa shape index (κ1) is 21.7. The highest BCUT2D eigenvalue weighted by atomic mass is 15.4. The molecule has 34 heavy (non-hydrogen) atoms. The van der Waals surface area contributed by atoms with Crippen molar-refractivity contribution < 1.29 is 0 Å². The Morgan fingerprint density at radius 3 is 2.00 bits per heavy atom. The standard InChI is InChI=1S/C25H27N9/c1-3-32(4-2)21-9-7-19(8-10-21)20-11-13-25(26,14-12-20)22-29-23(33-17-5-15-27-33)31-24(30-22)34-18-6-16-28-34/h5-13,15-18H,3-4,14,26H2,1-2H3. The number of benzene rings is 1. The van der Waals surface area contributed by atoms with Crippen molar-refractivity contribution in [3.05, 3.63) is 90.8 Å². The lowest BCUT2D eigenvalue weighted by atomic mass is 9.86. The van der Waals surface area contributed by atoms with Gasteiger partial charge in [0.2, 0.25) is 0 Å². The van der Waals surface area contributed by atoms with Crippen LogP contribution >= 0.6 is 0 Å². The van der Waals surface area contributed by atoms with E-state index in [1.54, 1.807) is 34.2 Å². The van der Waals surface area contributed by atoms with Crippen molar-refractivity contribution in [3.8, 4) is 11.9 Å². The van der Waals surface area contributed by atoms with Gasteiger partial charge in [-0.15, -0.1) is 0 Å². The van der Waals surface area contributed by atoms with Crippen LogP contribution in [0.15, 0.2) is 79.4 Å². The van der Waals surface area contributed by atoms with Crippen LogP contribution in [-0.4, -0.2) is 47.6 Å². The molecule has 1 unspecified atom stereocenters. The molecule has 0 amide bonds. The maximum atomic E-state index is 6.81. The summed E-state index contributed by atoms with van der Waals surface area (Å²) in [5.74, 6) is 1.24. The van der Waals surface area contributed by atoms with Crippen LogP contribution in [0, 0.1) is 0 Å². The normalized spacial score (nSPS) is 17.6. The van der Waals surface area contributed by atoms with Crippen LogP contribution in [0.25, 0.3) is 17.5 Å². The average Bonchev–Trinajstić information content (AvgIpc) is 3.61. The van der Waals surface area contributed by atoms with Crippen LogP contribution in [0.5, 0.6) is 0 Å². The summed E-state index contributed by atoms with van der Waals surface area (Å²) >= 11 is 0. The summed E-state index contributed by atoms with van der Waals surface area (Å²) in [5.41, 5.74) is 9.44. The third kappa shape index (κ3) is 4.13. The molecule has 1 aliphatic rings. The number of allylic oxidation sites excluding steroid dienone is 2. The molecule has 0 aliphatic heterocycles. The lowest BCUT2D eigenvalue weighted by Crippen LogP contribution is -2.38. The SMILES string of the molecule is CCN(CC)c1ccc(C2=CCC(N)(c3nc(-n4cccn4)nc(-n4cccn4)n3)C=C2)cc1. The van der Waals surface area contributed by atoms with Crippen molar-refractivity contribution in [1.82, 2.24) is 34.5 Å². The van der Waals surface area contributed by atoms with Gasteiger partial charge in [-0.05, 0) is 55.7 Å². The molecular formula is C25H27N9. The first-order chi connectivity index (χ1) is 16.6. The number of nitrogens with zero attached hydrogens (tertiary/aromatic N) is 8. The quantitative estimate of drug-likeness (QED) is 0.458. The fourth-order valence-corrected chi connectivity index (χ4v) is 4.03. The van der Waals surface area contributed by atoms with Crippen LogP contribution < -0.4 is 10.6 Å². The molecule has 0 saturated carbocycles. The number of rotatable bonds is 7. The van der Waals surface area contributed by atoms with Gasteiger partial charge in [-0.25, -0.2) is 9.36 Å². The zero-order valence-corrected chi connectivity index (χ0v) is 19.3. The molecule has 3 heterocycles. The van der Waals surface area contributed by atoms with Crippen molar-refractivity contribution >= 4 is 11.3 Å². The molecular weight excluding hydrogens is 426 g/mol. The Labute approximate surface area is 198 Å². The van der Waals surface area contributed by atoms with Crippen LogP contribution in [0.4, 0.5) is 5.69 Å². The van der Waals surface area contributed by atoms with Gasteiger partial charge in [0.15, 0.2) is 5.82 Å². The minimum absolute atomic E-state index is 0.389. The van der Waals surface area contributed by atoms with Gasteiger partial charge in [-0.3, -0.25) is 0 Å². The highest BCUT2D eigenvalue weighted by molar-refractivity contribution is 5.76. The lowest BCUT2D eigenvalue weighted by molar-refractivity contribution is 0.515. The summed E-state index contributed by atoms with van der Waals surface area (Å²) in [6.45, 7) is 6.31. The van der Waals surface area contributed by atoms with Crippen LogP contribution in [0.2, 0.25) is 0 Å². The number of hydrogen-bond donors (Lipinski definition) is 1. The Morgan fingerprint density at radius 2 is 1.53 bits per heavy atom. The molecule has 9 heteroatoms. The monoisotopic (exact) mass is 453 g/mol. The van der Waals surface area contributed by atoms with Gasteiger partial charge in [0.05, 0.1) is 5.54 Å². The van der Waals surface area contributed by atoms with E-state index >= 15 is 0 Å². The number of nitrogens with two attached hydrogens (primary N) is 1. The summed E-state index contributed by atoms with van der Waals surface area (Å²) in [6, 6.07) is 12.3. The lowest BCUT2D eigenvalue weighted by Gasteiger charge is -2.27. The number of hydrogen-bond acceptors (Lipinski definition) is 7. The Hall–Kier alpha value is -4.11. The first-order valence-electron chi connectivity index (χ1n) is 11.4. The van der Waals surface area contributed by atoms with E-state index in [4.69, 9.17) is 5.73 Å². The molecule has 0 saturated heterocycles. The maximum absolute atomic E-state index is 6.81. The second-order valence-electron chi connectivity index (χ2n) is 8.12. The Kier molecular flexibility index (Phi) is 5.77. The second-order valence-corrected chi connectivity index (χ2v) is 8.12. The van der Waals surface area contributed by atoms with E-state index in [-0.39, 0.29) is 0 Å². The molecule has 1 aliphatic carbocycles. The minimum Gasteiger partial charge on any atom is -0.372 e. The van der Waals surface area contributed by atoms with E-state index in [0.717, 1.165) is 24.2 Å². The zero-order chi connectivity index (χ0) is 23.5. The molecule has 3 aromatic heterocycles. The summed E-state index contributed by atoms with van der Waals surface area (Å²) < 4.78 is 3.18. The Morgan fingerprint density at radius 1 is 0.912 bits per heavy atom. The van der Waals surface area contributed by atoms with Crippen molar-refractivity contribution in [2.24, 2.45) is 5.73 Å². The molecule has 9 nitrogen and oxygen atoms in total. The topological polar surface area (TPSA) is 104 Å². The van der Waals surface area contributed by atoms with Gasteiger partial charge in [0.25, 0.3) is 11.9 Å².